The lowest BCUT2D eigenvalue weighted by molar-refractivity contribution is 0.510. The van der Waals surface area contributed by atoms with E-state index in [0.717, 1.165) is 29.7 Å². The van der Waals surface area contributed by atoms with Crippen LogP contribution in [-0.2, 0) is 13.5 Å². The van der Waals surface area contributed by atoms with Crippen LogP contribution >= 0.6 is 15.9 Å². The quantitative estimate of drug-likeness (QED) is 0.889. The normalized spacial score (nSPS) is 12.6. The van der Waals surface area contributed by atoms with E-state index in [4.69, 9.17) is 0 Å². The molecule has 0 aromatic carbocycles. The monoisotopic (exact) mass is 322 g/mol. The largest absolute Gasteiger partial charge is 0.338 e. The second-order valence-corrected chi connectivity index (χ2v) is 5.52. The predicted molar refractivity (Wildman–Crippen MR) is 79.9 cm³/mol. The summed E-state index contributed by atoms with van der Waals surface area (Å²) in [7, 11) is 2.03. The van der Waals surface area contributed by atoms with Gasteiger partial charge in [0.05, 0.1) is 0 Å². The van der Waals surface area contributed by atoms with E-state index in [1.165, 1.54) is 5.56 Å². The summed E-state index contributed by atoms with van der Waals surface area (Å²) in [5.74, 6) is 1.08. The first-order valence-corrected chi connectivity index (χ1v) is 7.30. The standard InChI is InChI=1S/C14H19BrN4/c1-3-4-17-13(8-14-18-5-6-19(14)2)11-7-12(15)10-16-9-11/h5-7,9-10,13,17H,3-4,8H2,1-2H3. The van der Waals surface area contributed by atoms with Gasteiger partial charge in [0.25, 0.3) is 0 Å². The summed E-state index contributed by atoms with van der Waals surface area (Å²) in [6.07, 6.45) is 9.51. The van der Waals surface area contributed by atoms with Crippen molar-refractivity contribution in [2.24, 2.45) is 7.05 Å². The first kappa shape index (κ1) is 14.2. The van der Waals surface area contributed by atoms with Crippen LogP contribution in [0.4, 0.5) is 0 Å². The zero-order valence-electron chi connectivity index (χ0n) is 11.3. The van der Waals surface area contributed by atoms with Crippen molar-refractivity contribution in [3.63, 3.8) is 0 Å². The van der Waals surface area contributed by atoms with Crippen LogP contribution in [0.25, 0.3) is 0 Å². The second-order valence-electron chi connectivity index (χ2n) is 4.60. The Kier molecular flexibility index (Phi) is 5.10. The molecule has 4 nitrogen and oxygen atoms in total. The third kappa shape index (κ3) is 3.88. The Balaban J connectivity index is 2.18. The number of aromatic nitrogens is 3. The zero-order valence-corrected chi connectivity index (χ0v) is 12.9. The van der Waals surface area contributed by atoms with Gasteiger partial charge < -0.3 is 9.88 Å². The van der Waals surface area contributed by atoms with Gasteiger partial charge in [-0.3, -0.25) is 4.98 Å². The lowest BCUT2D eigenvalue weighted by atomic mass is 10.1. The van der Waals surface area contributed by atoms with E-state index in [9.17, 15) is 0 Å². The average Bonchev–Trinajstić information content (AvgIpc) is 2.80. The molecule has 5 heteroatoms. The first-order valence-electron chi connectivity index (χ1n) is 6.50. The van der Waals surface area contributed by atoms with E-state index in [1.54, 1.807) is 6.20 Å². The molecule has 0 aliphatic carbocycles. The van der Waals surface area contributed by atoms with E-state index < -0.39 is 0 Å². The number of pyridine rings is 1. The molecule has 0 aliphatic heterocycles. The topological polar surface area (TPSA) is 42.7 Å². The summed E-state index contributed by atoms with van der Waals surface area (Å²) in [4.78, 5) is 8.65. The molecule has 0 radical (unpaired) electrons. The number of hydrogen-bond donors (Lipinski definition) is 1. The molecule has 19 heavy (non-hydrogen) atoms. The van der Waals surface area contributed by atoms with Gasteiger partial charge in [-0.1, -0.05) is 6.92 Å². The highest BCUT2D eigenvalue weighted by Crippen LogP contribution is 2.20. The van der Waals surface area contributed by atoms with Crippen LogP contribution in [0.3, 0.4) is 0 Å². The Hall–Kier alpha value is -1.20. The molecular weight excluding hydrogens is 304 g/mol. The molecule has 1 N–H and O–H groups in total. The molecular formula is C14H19BrN4. The lowest BCUT2D eigenvalue weighted by Gasteiger charge is -2.18. The van der Waals surface area contributed by atoms with Crippen LogP contribution < -0.4 is 5.32 Å². The van der Waals surface area contributed by atoms with Gasteiger partial charge in [-0.05, 0) is 40.5 Å². The van der Waals surface area contributed by atoms with Gasteiger partial charge in [-0.15, -0.1) is 0 Å². The molecule has 0 aliphatic rings. The number of nitrogens with zero attached hydrogens (tertiary/aromatic N) is 3. The van der Waals surface area contributed by atoms with Gasteiger partial charge in [0.1, 0.15) is 5.82 Å². The Bertz CT molecular complexity index is 524. The van der Waals surface area contributed by atoms with Gasteiger partial charge >= 0.3 is 0 Å². The van der Waals surface area contributed by atoms with Gasteiger partial charge in [0.15, 0.2) is 0 Å². The summed E-state index contributed by atoms with van der Waals surface area (Å²) in [5.41, 5.74) is 1.19. The Morgan fingerprint density at radius 1 is 1.42 bits per heavy atom. The van der Waals surface area contributed by atoms with Crippen molar-refractivity contribution in [3.8, 4) is 0 Å². The molecule has 1 atom stereocenters. The summed E-state index contributed by atoms with van der Waals surface area (Å²) in [6, 6.07) is 2.36. The maximum absolute atomic E-state index is 4.40. The average molecular weight is 323 g/mol. The fourth-order valence-electron chi connectivity index (χ4n) is 2.02. The predicted octanol–water partition coefficient (Wildman–Crippen LogP) is 2.86. The minimum absolute atomic E-state index is 0.242. The fourth-order valence-corrected chi connectivity index (χ4v) is 2.40. The van der Waals surface area contributed by atoms with Crippen molar-refractivity contribution in [1.29, 1.82) is 0 Å². The number of nitrogens with one attached hydrogen (secondary N) is 1. The third-order valence-electron chi connectivity index (χ3n) is 3.08. The van der Waals surface area contributed by atoms with Crippen LogP contribution in [0, 0.1) is 0 Å². The molecule has 0 fully saturated rings. The highest BCUT2D eigenvalue weighted by Gasteiger charge is 2.14. The Morgan fingerprint density at radius 3 is 2.89 bits per heavy atom. The van der Waals surface area contributed by atoms with E-state index in [0.29, 0.717) is 0 Å². The SMILES string of the molecule is CCCNC(Cc1nccn1C)c1cncc(Br)c1. The fraction of sp³-hybridized carbons (Fsp3) is 0.429. The number of halogens is 1. The van der Waals surface area contributed by atoms with Crippen molar-refractivity contribution < 1.29 is 0 Å². The van der Waals surface area contributed by atoms with Crippen LogP contribution in [0.2, 0.25) is 0 Å². The summed E-state index contributed by atoms with van der Waals surface area (Å²) in [6.45, 7) is 3.16. The Labute approximate surface area is 122 Å². The van der Waals surface area contributed by atoms with Crippen molar-refractivity contribution in [2.75, 3.05) is 6.54 Å². The minimum atomic E-state index is 0.242. The molecule has 2 aromatic heterocycles. The number of rotatable bonds is 6. The van der Waals surface area contributed by atoms with E-state index in [-0.39, 0.29) is 6.04 Å². The molecule has 1 unspecified atom stereocenters. The number of aryl methyl sites for hydroxylation is 1. The molecule has 102 valence electrons. The van der Waals surface area contributed by atoms with Crippen molar-refractivity contribution >= 4 is 15.9 Å². The number of imidazole rings is 1. The van der Waals surface area contributed by atoms with Gasteiger partial charge in [-0.25, -0.2) is 4.98 Å². The highest BCUT2D eigenvalue weighted by molar-refractivity contribution is 9.10. The summed E-state index contributed by atoms with van der Waals surface area (Å²) in [5, 5.41) is 3.56. The second kappa shape index (κ2) is 6.82. The maximum atomic E-state index is 4.40. The summed E-state index contributed by atoms with van der Waals surface area (Å²) >= 11 is 3.48. The van der Waals surface area contributed by atoms with E-state index >= 15 is 0 Å². The van der Waals surface area contributed by atoms with Crippen molar-refractivity contribution in [3.05, 3.63) is 46.7 Å². The van der Waals surface area contributed by atoms with Crippen LogP contribution in [0.5, 0.6) is 0 Å². The van der Waals surface area contributed by atoms with Gasteiger partial charge in [0.2, 0.25) is 0 Å². The number of hydrogen-bond acceptors (Lipinski definition) is 3. The minimum Gasteiger partial charge on any atom is -0.338 e. The van der Waals surface area contributed by atoms with Crippen LogP contribution in [0.15, 0.2) is 35.3 Å². The molecule has 0 spiro atoms. The molecule has 0 amide bonds. The molecule has 0 saturated heterocycles. The molecule has 2 rings (SSSR count). The summed E-state index contributed by atoms with van der Waals surface area (Å²) < 4.78 is 3.07. The molecule has 0 saturated carbocycles. The lowest BCUT2D eigenvalue weighted by Crippen LogP contribution is -2.25. The highest BCUT2D eigenvalue weighted by atomic mass is 79.9. The van der Waals surface area contributed by atoms with Crippen LogP contribution in [-0.4, -0.2) is 21.1 Å². The zero-order chi connectivity index (χ0) is 13.7. The van der Waals surface area contributed by atoms with E-state index in [2.05, 4.69) is 48.8 Å². The first-order chi connectivity index (χ1) is 9.20. The smallest absolute Gasteiger partial charge is 0.110 e. The third-order valence-corrected chi connectivity index (χ3v) is 3.51. The van der Waals surface area contributed by atoms with Gasteiger partial charge in [-0.2, -0.15) is 0 Å². The van der Waals surface area contributed by atoms with Crippen molar-refractivity contribution in [1.82, 2.24) is 19.9 Å². The van der Waals surface area contributed by atoms with Crippen LogP contribution in [0.1, 0.15) is 30.8 Å². The van der Waals surface area contributed by atoms with Crippen molar-refractivity contribution in [2.45, 2.75) is 25.8 Å². The molecule has 2 heterocycles. The maximum Gasteiger partial charge on any atom is 0.110 e. The molecule has 2 aromatic rings. The Morgan fingerprint density at radius 2 is 2.26 bits per heavy atom. The molecule has 0 bridgehead atoms. The van der Waals surface area contributed by atoms with Gasteiger partial charge in [0, 0.05) is 48.8 Å². The van der Waals surface area contributed by atoms with E-state index in [1.807, 2.05) is 25.6 Å².